The summed E-state index contributed by atoms with van der Waals surface area (Å²) in [6, 6.07) is 14.9. The second-order valence-electron chi connectivity index (χ2n) is 5.93. The number of fused-ring (bicyclic) bond motifs is 1. The predicted octanol–water partition coefficient (Wildman–Crippen LogP) is 4.19. The molecule has 0 aliphatic heterocycles. The third kappa shape index (κ3) is 2.96. The van der Waals surface area contributed by atoms with E-state index in [9.17, 15) is 9.59 Å². The van der Waals surface area contributed by atoms with E-state index in [-0.39, 0.29) is 10.6 Å². The van der Waals surface area contributed by atoms with Gasteiger partial charge in [-0.15, -0.1) is 0 Å². The summed E-state index contributed by atoms with van der Waals surface area (Å²) < 4.78 is 7.60. The normalized spacial score (nSPS) is 11.0. The van der Waals surface area contributed by atoms with Gasteiger partial charge in [-0.2, -0.15) is 0 Å². The average Bonchev–Trinajstić information content (AvgIpc) is 3.01. The van der Waals surface area contributed by atoms with E-state index in [0.29, 0.717) is 27.6 Å². The first-order chi connectivity index (χ1) is 13.5. The number of hydrogen-bond acceptors (Lipinski definition) is 4. The minimum absolute atomic E-state index is 0.239. The van der Waals surface area contributed by atoms with E-state index in [0.717, 1.165) is 4.57 Å². The molecule has 0 atom stereocenters. The topological polar surface area (TPSA) is 66.1 Å². The zero-order valence-electron chi connectivity index (χ0n) is 14.6. The van der Waals surface area contributed by atoms with Crippen molar-refractivity contribution in [3.8, 4) is 11.6 Å². The van der Waals surface area contributed by atoms with Gasteiger partial charge >= 0.3 is 5.69 Å². The van der Waals surface area contributed by atoms with Crippen molar-refractivity contribution in [1.29, 1.82) is 0 Å². The first-order valence-electron chi connectivity index (χ1n) is 8.24. The van der Waals surface area contributed by atoms with Gasteiger partial charge in [-0.05, 0) is 36.4 Å². The summed E-state index contributed by atoms with van der Waals surface area (Å²) in [5.41, 5.74) is 1.31. The summed E-state index contributed by atoms with van der Waals surface area (Å²) >= 11 is 12.0. The summed E-state index contributed by atoms with van der Waals surface area (Å²) in [5, 5.41) is 0.570. The smallest absolute Gasteiger partial charge is 0.340 e. The Balaban J connectivity index is 1.94. The van der Waals surface area contributed by atoms with Crippen molar-refractivity contribution in [3.63, 3.8) is 0 Å². The molecule has 0 N–H and O–H groups in total. The van der Waals surface area contributed by atoms with Crippen molar-refractivity contribution in [2.75, 3.05) is 7.11 Å². The van der Waals surface area contributed by atoms with Gasteiger partial charge in [0.1, 0.15) is 0 Å². The largest absolute Gasteiger partial charge is 0.481 e. The number of nitrogens with zero attached hydrogens (tertiary/aromatic N) is 3. The molecule has 0 saturated carbocycles. The maximum Gasteiger partial charge on any atom is 0.340 e. The number of pyridine rings is 1. The Kier molecular flexibility index (Phi) is 4.66. The van der Waals surface area contributed by atoms with Crippen LogP contribution in [-0.2, 0) is 0 Å². The lowest BCUT2D eigenvalue weighted by atomic mass is 10.2. The van der Waals surface area contributed by atoms with Crippen LogP contribution in [0.1, 0.15) is 10.4 Å². The number of aromatic nitrogens is 3. The fourth-order valence-electron chi connectivity index (χ4n) is 2.98. The summed E-state index contributed by atoms with van der Waals surface area (Å²) in [6.45, 7) is 0. The van der Waals surface area contributed by atoms with Crippen LogP contribution < -0.4 is 10.4 Å². The Morgan fingerprint density at radius 3 is 2.39 bits per heavy atom. The Morgan fingerprint density at radius 2 is 1.75 bits per heavy atom. The van der Waals surface area contributed by atoms with Crippen molar-refractivity contribution in [2.45, 2.75) is 0 Å². The fourth-order valence-corrected chi connectivity index (χ4v) is 3.28. The van der Waals surface area contributed by atoms with Crippen LogP contribution in [0, 0.1) is 0 Å². The van der Waals surface area contributed by atoms with E-state index < -0.39 is 11.6 Å². The van der Waals surface area contributed by atoms with E-state index in [4.69, 9.17) is 27.9 Å². The SMILES string of the molecule is COc1ccc(-n2c(=O)n(C(=O)c3ccc(Cl)c(Cl)c3)c3ccccc32)cn1. The lowest BCUT2D eigenvalue weighted by Gasteiger charge is -2.04. The molecular weight excluding hydrogens is 401 g/mol. The Bertz CT molecular complexity index is 1260. The number of halogens is 2. The highest BCUT2D eigenvalue weighted by atomic mass is 35.5. The maximum atomic E-state index is 13.2. The zero-order valence-corrected chi connectivity index (χ0v) is 16.1. The van der Waals surface area contributed by atoms with Gasteiger partial charge in [0, 0.05) is 11.6 Å². The number of benzene rings is 2. The number of rotatable bonds is 3. The van der Waals surface area contributed by atoms with Crippen molar-refractivity contribution < 1.29 is 9.53 Å². The summed E-state index contributed by atoms with van der Waals surface area (Å²) in [4.78, 5) is 30.4. The Morgan fingerprint density at radius 1 is 1.00 bits per heavy atom. The van der Waals surface area contributed by atoms with Gasteiger partial charge in [0.15, 0.2) is 0 Å². The van der Waals surface area contributed by atoms with Crippen LogP contribution in [0.5, 0.6) is 5.88 Å². The van der Waals surface area contributed by atoms with E-state index in [1.807, 2.05) is 0 Å². The molecule has 0 aliphatic rings. The molecule has 0 aliphatic carbocycles. The number of imidazole rings is 1. The summed E-state index contributed by atoms with van der Waals surface area (Å²) in [6.07, 6.45) is 1.51. The average molecular weight is 414 g/mol. The molecule has 140 valence electrons. The second kappa shape index (κ2) is 7.14. The van der Waals surface area contributed by atoms with Crippen LogP contribution in [0.25, 0.3) is 16.7 Å². The highest BCUT2D eigenvalue weighted by Gasteiger charge is 2.21. The third-order valence-electron chi connectivity index (χ3n) is 4.30. The van der Waals surface area contributed by atoms with Crippen molar-refractivity contribution in [3.05, 3.63) is 86.9 Å². The van der Waals surface area contributed by atoms with E-state index in [2.05, 4.69) is 4.98 Å². The zero-order chi connectivity index (χ0) is 19.8. The molecule has 0 spiro atoms. The number of hydrogen-bond donors (Lipinski definition) is 0. The van der Waals surface area contributed by atoms with Gasteiger partial charge in [-0.1, -0.05) is 35.3 Å². The molecule has 4 aromatic rings. The van der Waals surface area contributed by atoms with Crippen molar-refractivity contribution >= 4 is 40.1 Å². The Hall–Kier alpha value is -3.09. The van der Waals surface area contributed by atoms with Crippen LogP contribution in [0.4, 0.5) is 0 Å². The lowest BCUT2D eigenvalue weighted by Crippen LogP contribution is -2.28. The molecule has 2 heterocycles. The van der Waals surface area contributed by atoms with Crippen molar-refractivity contribution in [1.82, 2.24) is 14.1 Å². The molecule has 4 rings (SSSR count). The predicted molar refractivity (Wildman–Crippen MR) is 108 cm³/mol. The molecule has 0 radical (unpaired) electrons. The van der Waals surface area contributed by atoms with Crippen LogP contribution in [-0.4, -0.2) is 27.1 Å². The first kappa shape index (κ1) is 18.3. The molecule has 2 aromatic carbocycles. The van der Waals surface area contributed by atoms with E-state index >= 15 is 0 Å². The molecule has 0 unspecified atom stereocenters. The lowest BCUT2D eigenvalue weighted by molar-refractivity contribution is 0.0960. The van der Waals surface area contributed by atoms with Crippen LogP contribution >= 0.6 is 23.2 Å². The Labute approximate surface area is 169 Å². The van der Waals surface area contributed by atoms with Gasteiger partial charge < -0.3 is 4.74 Å². The van der Waals surface area contributed by atoms with Crippen LogP contribution in [0.15, 0.2) is 65.6 Å². The third-order valence-corrected chi connectivity index (χ3v) is 5.04. The number of carbonyl (C=O) groups excluding carboxylic acids is 1. The van der Waals surface area contributed by atoms with E-state index in [1.165, 1.54) is 36.1 Å². The molecular formula is C20H13Cl2N3O3. The fraction of sp³-hybridized carbons (Fsp3) is 0.0500. The van der Waals surface area contributed by atoms with Crippen molar-refractivity contribution in [2.24, 2.45) is 0 Å². The van der Waals surface area contributed by atoms with E-state index in [1.54, 1.807) is 36.4 Å². The van der Waals surface area contributed by atoms with Gasteiger partial charge in [0.2, 0.25) is 5.88 Å². The molecule has 0 bridgehead atoms. The molecule has 6 nitrogen and oxygen atoms in total. The number of ether oxygens (including phenoxy) is 1. The monoisotopic (exact) mass is 413 g/mol. The minimum atomic E-state index is -0.510. The first-order valence-corrected chi connectivity index (χ1v) is 8.99. The molecule has 8 heteroatoms. The van der Waals surface area contributed by atoms with Gasteiger partial charge in [0.25, 0.3) is 5.91 Å². The van der Waals surface area contributed by atoms with Gasteiger partial charge in [-0.25, -0.2) is 14.3 Å². The molecule has 0 amide bonds. The van der Waals surface area contributed by atoms with Gasteiger partial charge in [0.05, 0.1) is 40.1 Å². The molecule has 0 fully saturated rings. The summed E-state index contributed by atoms with van der Waals surface area (Å²) in [7, 11) is 1.51. The van der Waals surface area contributed by atoms with Crippen LogP contribution in [0.3, 0.4) is 0 Å². The molecule has 2 aromatic heterocycles. The summed E-state index contributed by atoms with van der Waals surface area (Å²) in [5.74, 6) is -0.0765. The minimum Gasteiger partial charge on any atom is -0.481 e. The van der Waals surface area contributed by atoms with Crippen LogP contribution in [0.2, 0.25) is 10.0 Å². The standard InChI is InChI=1S/C20H13Cl2N3O3/c1-28-18-9-7-13(11-23-18)24-16-4-2-3-5-17(16)25(20(24)27)19(26)12-6-8-14(21)15(22)10-12/h2-11H,1H3. The second-order valence-corrected chi connectivity index (χ2v) is 6.75. The quantitative estimate of drug-likeness (QED) is 0.504. The van der Waals surface area contributed by atoms with Gasteiger partial charge in [-0.3, -0.25) is 9.36 Å². The highest BCUT2D eigenvalue weighted by Crippen LogP contribution is 2.24. The molecule has 0 saturated heterocycles. The number of methoxy groups -OCH3 is 1. The highest BCUT2D eigenvalue weighted by molar-refractivity contribution is 6.42. The number of carbonyl (C=O) groups is 1. The number of para-hydroxylation sites is 2. The molecule has 28 heavy (non-hydrogen) atoms. The maximum absolute atomic E-state index is 13.2.